The van der Waals surface area contributed by atoms with Crippen molar-refractivity contribution in [3.05, 3.63) is 144 Å². The van der Waals surface area contributed by atoms with Gasteiger partial charge in [-0.3, -0.25) is 9.98 Å². The third-order valence-corrected chi connectivity index (χ3v) is 21.0. The summed E-state index contributed by atoms with van der Waals surface area (Å²) >= 11 is 0. The third-order valence-electron chi connectivity index (χ3n) is 21.0. The van der Waals surface area contributed by atoms with Gasteiger partial charge in [0.25, 0.3) is 0 Å². The van der Waals surface area contributed by atoms with Gasteiger partial charge in [-0.15, -0.1) is 0 Å². The molecule has 0 fully saturated rings. The molecule has 12 nitrogen and oxygen atoms in total. The van der Waals surface area contributed by atoms with Crippen LogP contribution in [0.1, 0.15) is 382 Å². The van der Waals surface area contributed by atoms with Crippen molar-refractivity contribution in [3.8, 4) is 57.1 Å². The van der Waals surface area contributed by atoms with Gasteiger partial charge in [-0.1, -0.05) is 335 Å². The summed E-state index contributed by atoms with van der Waals surface area (Å²) in [5.74, 6) is 3.17. The van der Waals surface area contributed by atoms with Crippen molar-refractivity contribution in [3.63, 3.8) is 0 Å². The number of hydrogen-bond acceptors (Lipinski definition) is 12. The molecule has 0 aliphatic carbocycles. The number of unbranched alkanes of at least 4 members (excludes halogenated alkanes) is 42. The molecule has 0 N–H and O–H groups in total. The number of rotatable bonds is 69. The first-order valence-corrected chi connectivity index (χ1v) is 45.3. The van der Waals surface area contributed by atoms with E-state index >= 15 is 0 Å². The van der Waals surface area contributed by atoms with Crippen LogP contribution >= 0.6 is 0 Å². The Bertz CT molecular complexity index is 3110. The Kier molecular flexibility index (Phi) is 51.5. The van der Waals surface area contributed by atoms with Gasteiger partial charge in [-0.25, -0.2) is 9.59 Å². The number of nitrogens with zero attached hydrogens (tertiary/aromatic N) is 2. The van der Waals surface area contributed by atoms with Gasteiger partial charge in [-0.05, 0) is 158 Å². The molecule has 0 aromatic heterocycles. The maximum atomic E-state index is 14.1. The largest absolute Gasteiger partial charge is 0.490 e. The van der Waals surface area contributed by atoms with Crippen LogP contribution in [0.3, 0.4) is 0 Å². The van der Waals surface area contributed by atoms with Crippen LogP contribution in [-0.4, -0.2) is 64.0 Å². The van der Waals surface area contributed by atoms with Gasteiger partial charge in [0.1, 0.15) is 11.5 Å². The van der Waals surface area contributed by atoms with Crippen molar-refractivity contribution in [2.45, 2.75) is 350 Å². The molecule has 0 bridgehead atoms. The van der Waals surface area contributed by atoms with E-state index in [-0.39, 0.29) is 0 Å². The number of ether oxygens (including phenoxy) is 8. The smallest absolute Gasteiger partial charge is 0.343 e. The van der Waals surface area contributed by atoms with Crippen LogP contribution in [0.5, 0.6) is 46.0 Å². The van der Waals surface area contributed by atoms with Crippen molar-refractivity contribution in [1.82, 2.24) is 0 Å². The van der Waals surface area contributed by atoms with E-state index in [2.05, 4.69) is 65.8 Å². The molecule has 0 aliphatic rings. The molecule has 0 atom stereocenters. The monoisotopic (exact) mass is 1540 g/mol. The second-order valence-electron chi connectivity index (χ2n) is 31.1. The predicted octanol–water partition coefficient (Wildman–Crippen LogP) is 30.4. The lowest BCUT2D eigenvalue weighted by molar-refractivity contribution is 0.0724. The summed E-state index contributed by atoms with van der Waals surface area (Å²) in [5, 5.41) is 0. The lowest BCUT2D eigenvalue weighted by Crippen LogP contribution is -2.12. The van der Waals surface area contributed by atoms with E-state index in [4.69, 9.17) is 47.9 Å². The van der Waals surface area contributed by atoms with Gasteiger partial charge in [0.05, 0.1) is 62.1 Å². The number of benzene rings is 6. The topological polar surface area (TPSA) is 133 Å². The highest BCUT2D eigenvalue weighted by Gasteiger charge is 2.23. The van der Waals surface area contributed by atoms with Crippen molar-refractivity contribution in [2.75, 3.05) is 39.6 Å². The average molecular weight is 1540 g/mol. The van der Waals surface area contributed by atoms with Crippen LogP contribution in [0, 0.1) is 0 Å². The quantitative estimate of drug-likeness (QED) is 0.0157. The molecule has 0 heterocycles. The molecule has 0 unspecified atom stereocenters. The number of hydrogen-bond donors (Lipinski definition) is 0. The molecule has 0 spiro atoms. The van der Waals surface area contributed by atoms with Gasteiger partial charge in [0.2, 0.25) is 11.5 Å². The van der Waals surface area contributed by atoms with Crippen LogP contribution < -0.4 is 37.9 Å². The summed E-state index contributed by atoms with van der Waals surface area (Å²) in [4.78, 5) is 37.8. The maximum Gasteiger partial charge on any atom is 0.343 e. The SMILES string of the molecule is CCCCCCCCCCOc1cc(C(=O)Oc2ccc(C=Nc3ccc(-c4ccc(N=Cc5ccc(OC(=O)c6cc(OCCCCCCCCCC)c(OCCCCCCCCCC)c(OCCCCCCCCCC)c6)cc5)cc4)cc3)cc2)cc(OCCCCCCCCCC)c1OCCCCCCCCCC. The van der Waals surface area contributed by atoms with Gasteiger partial charge in [0.15, 0.2) is 23.0 Å². The Morgan fingerprint density at radius 3 is 0.679 bits per heavy atom. The fraction of sp³-hybridized carbons (Fsp3) is 0.600. The molecule has 12 heteroatoms. The molecule has 618 valence electrons. The molecule has 0 radical (unpaired) electrons. The minimum Gasteiger partial charge on any atom is -0.490 e. The number of carbonyl (C=O) groups excluding carboxylic acids is 2. The normalized spacial score (nSPS) is 11.4. The van der Waals surface area contributed by atoms with Crippen molar-refractivity contribution in [2.24, 2.45) is 9.98 Å². The fourth-order valence-electron chi connectivity index (χ4n) is 13.9. The molecular formula is C100H148N2O10. The van der Waals surface area contributed by atoms with E-state index in [1.54, 1.807) is 48.5 Å². The molecule has 0 amide bonds. The van der Waals surface area contributed by atoms with Crippen molar-refractivity contribution < 1.29 is 47.5 Å². The molecule has 6 aromatic carbocycles. The fourth-order valence-corrected chi connectivity index (χ4v) is 13.9. The van der Waals surface area contributed by atoms with Crippen molar-refractivity contribution >= 4 is 35.7 Å². The maximum absolute atomic E-state index is 14.1. The molecule has 6 rings (SSSR count). The summed E-state index contributed by atoms with van der Waals surface area (Å²) in [6.07, 6.45) is 61.4. The summed E-state index contributed by atoms with van der Waals surface area (Å²) in [6.45, 7) is 16.8. The second kappa shape index (κ2) is 61.9. The van der Waals surface area contributed by atoms with Crippen molar-refractivity contribution in [1.29, 1.82) is 0 Å². The third kappa shape index (κ3) is 40.9. The lowest BCUT2D eigenvalue weighted by Gasteiger charge is -2.19. The van der Waals surface area contributed by atoms with E-state index in [9.17, 15) is 9.59 Å². The first kappa shape index (κ1) is 93.3. The van der Waals surface area contributed by atoms with E-state index in [0.717, 1.165) is 111 Å². The van der Waals surface area contributed by atoms with Crippen LogP contribution in [0.25, 0.3) is 11.1 Å². The van der Waals surface area contributed by atoms with Crippen LogP contribution in [0.15, 0.2) is 131 Å². The molecule has 0 saturated heterocycles. The summed E-state index contributed by atoms with van der Waals surface area (Å²) in [7, 11) is 0. The highest BCUT2D eigenvalue weighted by Crippen LogP contribution is 2.42. The highest BCUT2D eigenvalue weighted by molar-refractivity contribution is 5.94. The van der Waals surface area contributed by atoms with Crippen LogP contribution in [-0.2, 0) is 0 Å². The van der Waals surface area contributed by atoms with Gasteiger partial charge < -0.3 is 37.9 Å². The molecule has 112 heavy (non-hydrogen) atoms. The first-order chi connectivity index (χ1) is 55.2. The molecule has 0 saturated carbocycles. The molecular weight excluding hydrogens is 1390 g/mol. The minimum atomic E-state index is -0.488. The van der Waals surface area contributed by atoms with Gasteiger partial charge >= 0.3 is 11.9 Å². The Balaban J connectivity index is 1.05. The standard InChI is InChI=1S/C100H148N2O10/c1-7-13-19-25-31-37-43-49-71-105-93-77-87(78-94(106-72-50-44-38-32-26-20-14-8-2)97(93)109-75-53-47-41-35-29-23-17-11-5)99(103)111-91-67-55-83(56-68-91)81-101-89-63-59-85(60-64-89)86-61-65-90(66-62-86)102-82-84-57-69-92(70-58-84)112-100(104)88-79-95(107-73-51-45-39-33-27-21-15-9-3)98(110-76-54-48-42-36-30-24-18-12-6)96(80-88)108-74-52-46-40-34-28-22-16-10-4/h55-70,77-82H,7-54,71-76H2,1-6H3. The Morgan fingerprint density at radius 2 is 0.455 bits per heavy atom. The van der Waals surface area contributed by atoms with Gasteiger partial charge in [-0.2, -0.15) is 0 Å². The summed E-state index contributed by atoms with van der Waals surface area (Å²) in [6, 6.07) is 38.2. The zero-order valence-electron chi connectivity index (χ0n) is 70.9. The van der Waals surface area contributed by atoms with E-state index < -0.39 is 11.9 Å². The number of aliphatic imine (C=N–C) groups is 2. The first-order valence-electron chi connectivity index (χ1n) is 45.3. The van der Waals surface area contributed by atoms with Crippen LogP contribution in [0.2, 0.25) is 0 Å². The zero-order valence-corrected chi connectivity index (χ0v) is 70.9. The Labute approximate surface area is 679 Å². The Hall–Kier alpha value is -7.60. The average Bonchev–Trinajstić information content (AvgIpc) is 0.816. The molecule has 0 aliphatic heterocycles. The van der Waals surface area contributed by atoms with E-state index in [0.29, 0.717) is 96.8 Å². The van der Waals surface area contributed by atoms with Crippen LogP contribution in [0.4, 0.5) is 11.4 Å². The highest BCUT2D eigenvalue weighted by atomic mass is 16.6. The predicted molar refractivity (Wildman–Crippen MR) is 471 cm³/mol. The summed E-state index contributed by atoms with van der Waals surface area (Å²) < 4.78 is 51.4. The molecule has 6 aromatic rings. The van der Waals surface area contributed by atoms with E-state index in [1.165, 1.54) is 231 Å². The summed E-state index contributed by atoms with van der Waals surface area (Å²) in [5.41, 5.74) is 6.18. The Morgan fingerprint density at radius 1 is 0.250 bits per heavy atom. The second-order valence-corrected chi connectivity index (χ2v) is 31.1. The van der Waals surface area contributed by atoms with E-state index in [1.807, 2.05) is 61.0 Å². The number of esters is 2. The lowest BCUT2D eigenvalue weighted by atomic mass is 10.1. The minimum absolute atomic E-state index is 0.359. The zero-order chi connectivity index (χ0) is 79.2. The van der Waals surface area contributed by atoms with Gasteiger partial charge in [0, 0.05) is 12.4 Å². The number of carbonyl (C=O) groups is 2.